The zero-order chi connectivity index (χ0) is 13.7. The van der Waals surface area contributed by atoms with E-state index < -0.39 is 12.0 Å². The third kappa shape index (κ3) is 3.48. The second-order valence-corrected chi connectivity index (χ2v) is 4.04. The summed E-state index contributed by atoms with van der Waals surface area (Å²) in [6.45, 7) is 1.35. The van der Waals surface area contributed by atoms with E-state index in [0.717, 1.165) is 5.56 Å². The van der Waals surface area contributed by atoms with Crippen molar-refractivity contribution in [1.82, 2.24) is 4.90 Å². The summed E-state index contributed by atoms with van der Waals surface area (Å²) in [6.07, 6.45) is 0.273. The van der Waals surface area contributed by atoms with Crippen LogP contribution in [0.4, 0.5) is 0 Å². The summed E-state index contributed by atoms with van der Waals surface area (Å²) in [4.78, 5) is 23.6. The highest BCUT2D eigenvalue weighted by molar-refractivity contribution is 5.82. The number of amides is 1. The van der Waals surface area contributed by atoms with E-state index in [0.29, 0.717) is 5.75 Å². The number of carbonyl (C=O) groups is 2. The van der Waals surface area contributed by atoms with Crippen molar-refractivity contribution in [2.45, 2.75) is 19.4 Å². The number of hydrogen-bond donors (Lipinski definition) is 1. The van der Waals surface area contributed by atoms with Gasteiger partial charge >= 0.3 is 5.97 Å². The molecule has 1 atom stereocenters. The molecule has 18 heavy (non-hydrogen) atoms. The predicted molar refractivity (Wildman–Crippen MR) is 66.6 cm³/mol. The molecule has 0 aliphatic heterocycles. The number of rotatable bonds is 5. The Morgan fingerprint density at radius 3 is 2.28 bits per heavy atom. The summed E-state index contributed by atoms with van der Waals surface area (Å²) in [5.74, 6) is -0.565. The molecule has 5 heteroatoms. The quantitative estimate of drug-likeness (QED) is 0.853. The highest BCUT2D eigenvalue weighted by atomic mass is 16.5. The van der Waals surface area contributed by atoms with Gasteiger partial charge in [-0.2, -0.15) is 0 Å². The van der Waals surface area contributed by atoms with E-state index in [4.69, 9.17) is 9.84 Å². The molecule has 5 nitrogen and oxygen atoms in total. The first-order valence-corrected chi connectivity index (χ1v) is 5.55. The van der Waals surface area contributed by atoms with Gasteiger partial charge < -0.3 is 14.7 Å². The summed E-state index contributed by atoms with van der Waals surface area (Å²) < 4.78 is 5.03. The van der Waals surface area contributed by atoms with Gasteiger partial charge in [-0.3, -0.25) is 4.79 Å². The topological polar surface area (TPSA) is 66.8 Å². The average molecular weight is 251 g/mol. The van der Waals surface area contributed by atoms with E-state index in [9.17, 15) is 9.59 Å². The largest absolute Gasteiger partial charge is 0.497 e. The van der Waals surface area contributed by atoms with Crippen molar-refractivity contribution >= 4 is 11.9 Å². The molecule has 1 aromatic rings. The number of carboxylic acids is 1. The molecule has 98 valence electrons. The third-order valence-corrected chi connectivity index (χ3v) is 2.84. The molecule has 0 heterocycles. The van der Waals surface area contributed by atoms with Gasteiger partial charge in [0, 0.05) is 20.4 Å². The minimum atomic E-state index is -1.01. The number of ether oxygens (including phenoxy) is 1. The molecule has 0 bridgehead atoms. The molecule has 1 aromatic carbocycles. The fourth-order valence-corrected chi connectivity index (χ4v) is 1.59. The van der Waals surface area contributed by atoms with Gasteiger partial charge in [-0.05, 0) is 17.7 Å². The molecule has 1 rings (SSSR count). The SMILES string of the molecule is COc1ccc(C[C@@H](C(=O)O)N(C)C(C)=O)cc1. The van der Waals surface area contributed by atoms with Crippen LogP contribution in [0.1, 0.15) is 12.5 Å². The van der Waals surface area contributed by atoms with E-state index in [1.165, 1.54) is 18.9 Å². The number of methoxy groups -OCH3 is 1. The number of likely N-dealkylation sites (N-methyl/N-ethyl adjacent to an activating group) is 1. The Morgan fingerprint density at radius 1 is 1.33 bits per heavy atom. The summed E-state index contributed by atoms with van der Waals surface area (Å²) in [5, 5.41) is 9.14. The van der Waals surface area contributed by atoms with Gasteiger partial charge in [0.2, 0.25) is 5.91 Å². The fourth-order valence-electron chi connectivity index (χ4n) is 1.59. The molecular formula is C13H17NO4. The van der Waals surface area contributed by atoms with Crippen molar-refractivity contribution in [3.63, 3.8) is 0 Å². The Bertz CT molecular complexity index is 427. The second kappa shape index (κ2) is 6.05. The first kappa shape index (κ1) is 14.0. The lowest BCUT2D eigenvalue weighted by molar-refractivity contribution is -0.148. The molecule has 0 saturated heterocycles. The lowest BCUT2D eigenvalue weighted by Gasteiger charge is -2.23. The van der Waals surface area contributed by atoms with Gasteiger partial charge in [0.25, 0.3) is 0 Å². The van der Waals surface area contributed by atoms with Crippen LogP contribution in [0.2, 0.25) is 0 Å². The zero-order valence-corrected chi connectivity index (χ0v) is 10.7. The van der Waals surface area contributed by atoms with Crippen molar-refractivity contribution in [1.29, 1.82) is 0 Å². The van der Waals surface area contributed by atoms with E-state index in [1.54, 1.807) is 31.4 Å². The maximum atomic E-state index is 11.2. The first-order valence-electron chi connectivity index (χ1n) is 5.55. The van der Waals surface area contributed by atoms with Crippen molar-refractivity contribution in [2.24, 2.45) is 0 Å². The minimum absolute atomic E-state index is 0.268. The minimum Gasteiger partial charge on any atom is -0.497 e. The third-order valence-electron chi connectivity index (χ3n) is 2.84. The lowest BCUT2D eigenvalue weighted by Crippen LogP contribution is -2.42. The van der Waals surface area contributed by atoms with Crippen molar-refractivity contribution < 1.29 is 19.4 Å². The van der Waals surface area contributed by atoms with Crippen molar-refractivity contribution in [3.05, 3.63) is 29.8 Å². The van der Waals surface area contributed by atoms with Gasteiger partial charge in [0.15, 0.2) is 0 Å². The Balaban J connectivity index is 2.83. The van der Waals surface area contributed by atoms with E-state index in [-0.39, 0.29) is 12.3 Å². The standard InChI is InChI=1S/C13H17NO4/c1-9(15)14(2)12(13(16)17)8-10-4-6-11(18-3)7-5-10/h4-7,12H,8H2,1-3H3,(H,16,17)/t12-/m0/s1. The van der Waals surface area contributed by atoms with Crippen LogP contribution in [0.5, 0.6) is 5.75 Å². The highest BCUT2D eigenvalue weighted by Crippen LogP contribution is 2.14. The Kier molecular flexibility index (Phi) is 4.71. The van der Waals surface area contributed by atoms with Crippen molar-refractivity contribution in [2.75, 3.05) is 14.2 Å². The average Bonchev–Trinajstić information content (AvgIpc) is 2.35. The molecule has 0 aliphatic rings. The fraction of sp³-hybridized carbons (Fsp3) is 0.385. The van der Waals surface area contributed by atoms with Gasteiger partial charge in [0.05, 0.1) is 7.11 Å². The molecule has 0 radical (unpaired) electrons. The lowest BCUT2D eigenvalue weighted by atomic mass is 10.0. The van der Waals surface area contributed by atoms with E-state index >= 15 is 0 Å². The molecule has 0 spiro atoms. The number of hydrogen-bond acceptors (Lipinski definition) is 3. The number of aliphatic carboxylic acids is 1. The maximum Gasteiger partial charge on any atom is 0.326 e. The predicted octanol–water partition coefficient (Wildman–Crippen LogP) is 1.17. The van der Waals surface area contributed by atoms with Gasteiger partial charge in [0.1, 0.15) is 11.8 Å². The Morgan fingerprint density at radius 2 is 1.89 bits per heavy atom. The zero-order valence-electron chi connectivity index (χ0n) is 10.7. The summed E-state index contributed by atoms with van der Waals surface area (Å²) >= 11 is 0. The van der Waals surface area contributed by atoms with Gasteiger partial charge in [-0.25, -0.2) is 4.79 Å². The second-order valence-electron chi connectivity index (χ2n) is 4.04. The Labute approximate surface area is 106 Å². The summed E-state index contributed by atoms with van der Waals surface area (Å²) in [6, 6.07) is 6.27. The van der Waals surface area contributed by atoms with Crippen LogP contribution < -0.4 is 4.74 Å². The molecule has 0 saturated carbocycles. The van der Waals surface area contributed by atoms with Crippen LogP contribution in [0, 0.1) is 0 Å². The van der Waals surface area contributed by atoms with Crippen LogP contribution in [-0.4, -0.2) is 42.1 Å². The van der Waals surface area contributed by atoms with Gasteiger partial charge in [-0.15, -0.1) is 0 Å². The smallest absolute Gasteiger partial charge is 0.326 e. The van der Waals surface area contributed by atoms with Crippen LogP contribution >= 0.6 is 0 Å². The Hall–Kier alpha value is -2.04. The first-order chi connectivity index (χ1) is 8.45. The molecule has 0 fully saturated rings. The number of carbonyl (C=O) groups excluding carboxylic acids is 1. The molecule has 1 N–H and O–H groups in total. The monoisotopic (exact) mass is 251 g/mol. The number of carboxylic acid groups (broad SMARTS) is 1. The molecule has 1 amide bonds. The molecule has 0 aliphatic carbocycles. The molecular weight excluding hydrogens is 234 g/mol. The van der Waals surface area contributed by atoms with Crippen LogP contribution in [0.25, 0.3) is 0 Å². The van der Waals surface area contributed by atoms with Gasteiger partial charge in [-0.1, -0.05) is 12.1 Å². The van der Waals surface area contributed by atoms with Crippen LogP contribution in [0.3, 0.4) is 0 Å². The summed E-state index contributed by atoms with van der Waals surface area (Å²) in [5.41, 5.74) is 0.844. The van der Waals surface area contributed by atoms with Crippen LogP contribution in [-0.2, 0) is 16.0 Å². The normalized spacial score (nSPS) is 11.7. The van der Waals surface area contributed by atoms with Crippen LogP contribution in [0.15, 0.2) is 24.3 Å². The molecule has 0 unspecified atom stereocenters. The van der Waals surface area contributed by atoms with E-state index in [2.05, 4.69) is 0 Å². The number of benzene rings is 1. The molecule has 0 aromatic heterocycles. The number of nitrogens with zero attached hydrogens (tertiary/aromatic N) is 1. The maximum absolute atomic E-state index is 11.2. The summed E-state index contributed by atoms with van der Waals surface area (Å²) in [7, 11) is 3.06. The van der Waals surface area contributed by atoms with E-state index in [1.807, 2.05) is 0 Å². The van der Waals surface area contributed by atoms with Crippen molar-refractivity contribution in [3.8, 4) is 5.75 Å². The highest BCUT2D eigenvalue weighted by Gasteiger charge is 2.24.